The van der Waals surface area contributed by atoms with E-state index >= 15 is 0 Å². The molecule has 0 aliphatic heterocycles. The van der Waals surface area contributed by atoms with Gasteiger partial charge >= 0.3 is 5.97 Å². The molecule has 0 amide bonds. The number of hydrogen-bond acceptors (Lipinski definition) is 5. The van der Waals surface area contributed by atoms with Crippen LogP contribution in [-0.2, 0) is 25.9 Å². The van der Waals surface area contributed by atoms with E-state index in [1.54, 1.807) is 18.2 Å². The summed E-state index contributed by atoms with van der Waals surface area (Å²) >= 11 is 0. The number of hydrogen-bond donors (Lipinski definition) is 2. The number of carboxylic acids is 1. The Hall–Kier alpha value is -3.12. The minimum absolute atomic E-state index is 0.00869. The van der Waals surface area contributed by atoms with Gasteiger partial charge in [0.05, 0.1) is 11.4 Å². The molecule has 0 radical (unpaired) electrons. The summed E-state index contributed by atoms with van der Waals surface area (Å²) in [5.74, 6) is -2.09. The Morgan fingerprint density at radius 1 is 1.09 bits per heavy atom. The zero-order valence-corrected chi connectivity index (χ0v) is 20.8. The van der Waals surface area contributed by atoms with E-state index in [0.717, 1.165) is 12.7 Å². The van der Waals surface area contributed by atoms with E-state index in [1.165, 1.54) is 36.4 Å². The molecule has 0 fully saturated rings. The second-order valence-corrected chi connectivity index (χ2v) is 10.4. The molecular weight excluding hydrogens is 468 g/mol. The van der Waals surface area contributed by atoms with E-state index in [4.69, 9.17) is 4.52 Å². The van der Waals surface area contributed by atoms with E-state index < -0.39 is 30.6 Å². The molecule has 3 atom stereocenters. The van der Waals surface area contributed by atoms with Crippen molar-refractivity contribution in [3.05, 3.63) is 102 Å². The standard InChI is InChI=1S/C27H29FNO5P/c1-19(2)16-17-27(25(30)31,35(33)34-3)26(32,18-20-12-14-22(28)15-13-20)24-11-7-10-23(29-24)21-8-5-4-6-9-21/h4-17,19,32,35H,18H2,1-3H3,(H,30,31). The smallest absolute Gasteiger partial charge is 0.326 e. The highest BCUT2D eigenvalue weighted by Gasteiger charge is 2.61. The molecule has 8 heteroatoms. The first-order chi connectivity index (χ1) is 16.6. The van der Waals surface area contributed by atoms with Crippen LogP contribution < -0.4 is 0 Å². The number of aliphatic carboxylic acids is 1. The fraction of sp³-hybridized carbons (Fsp3) is 0.259. The third-order valence-electron chi connectivity index (χ3n) is 5.84. The van der Waals surface area contributed by atoms with Crippen molar-refractivity contribution in [3.8, 4) is 11.3 Å². The average Bonchev–Trinajstić information content (AvgIpc) is 2.85. The summed E-state index contributed by atoms with van der Waals surface area (Å²) in [5, 5.41) is 20.5. The van der Waals surface area contributed by atoms with Gasteiger partial charge in [0.2, 0.25) is 8.03 Å². The SMILES string of the molecule is CO[PH](=O)C(C=CC(C)C)(C(=O)O)C(O)(Cc1ccc(F)cc1)c1cccc(-c2ccccc2)n1. The van der Waals surface area contributed by atoms with Gasteiger partial charge in [0.1, 0.15) is 11.4 Å². The number of halogens is 1. The van der Waals surface area contributed by atoms with E-state index in [-0.39, 0.29) is 18.0 Å². The van der Waals surface area contributed by atoms with Gasteiger partial charge in [0.15, 0.2) is 5.16 Å². The minimum atomic E-state index is -3.43. The number of aromatic nitrogens is 1. The number of benzene rings is 2. The van der Waals surface area contributed by atoms with Crippen LogP contribution in [0.15, 0.2) is 84.9 Å². The van der Waals surface area contributed by atoms with E-state index in [9.17, 15) is 24.0 Å². The molecule has 1 heterocycles. The highest BCUT2D eigenvalue weighted by molar-refractivity contribution is 7.43. The normalized spacial score (nSPS) is 16.1. The van der Waals surface area contributed by atoms with Crippen molar-refractivity contribution in [2.75, 3.05) is 7.11 Å². The maximum Gasteiger partial charge on any atom is 0.326 e. The van der Waals surface area contributed by atoms with Crippen molar-refractivity contribution in [3.63, 3.8) is 0 Å². The van der Waals surface area contributed by atoms with Gasteiger partial charge in [0, 0.05) is 19.1 Å². The summed E-state index contributed by atoms with van der Waals surface area (Å²) in [7, 11) is -2.28. The van der Waals surface area contributed by atoms with Crippen LogP contribution in [0.3, 0.4) is 0 Å². The first-order valence-electron chi connectivity index (χ1n) is 11.1. The summed E-state index contributed by atoms with van der Waals surface area (Å²) in [6.45, 7) is 3.67. The number of aliphatic hydroxyl groups is 1. The number of carbonyl (C=O) groups is 1. The van der Waals surface area contributed by atoms with Crippen LogP contribution in [0.2, 0.25) is 0 Å². The first-order valence-corrected chi connectivity index (χ1v) is 12.5. The lowest BCUT2D eigenvalue weighted by atomic mass is 9.77. The molecule has 2 N–H and O–H groups in total. The molecule has 0 spiro atoms. The number of nitrogens with zero attached hydrogens (tertiary/aromatic N) is 1. The second kappa shape index (κ2) is 11.1. The van der Waals surface area contributed by atoms with Gasteiger partial charge in [-0.25, -0.2) is 9.37 Å². The third-order valence-corrected chi connectivity index (χ3v) is 7.65. The lowest BCUT2D eigenvalue weighted by Gasteiger charge is -2.41. The molecule has 0 saturated heterocycles. The molecule has 6 nitrogen and oxygen atoms in total. The summed E-state index contributed by atoms with van der Waals surface area (Å²) < 4.78 is 32.1. The lowest BCUT2D eigenvalue weighted by Crippen LogP contribution is -2.55. The Bertz CT molecular complexity index is 1220. The zero-order valence-electron chi connectivity index (χ0n) is 19.8. The molecular formula is C27H29FNO5P. The maximum atomic E-state index is 13.6. The highest BCUT2D eigenvalue weighted by Crippen LogP contribution is 2.54. The second-order valence-electron chi connectivity index (χ2n) is 8.65. The van der Waals surface area contributed by atoms with Gasteiger partial charge in [-0.1, -0.05) is 74.5 Å². The van der Waals surface area contributed by atoms with Crippen molar-refractivity contribution in [2.24, 2.45) is 5.92 Å². The minimum Gasteiger partial charge on any atom is -0.480 e. The van der Waals surface area contributed by atoms with Gasteiger partial charge in [-0.05, 0) is 35.7 Å². The largest absolute Gasteiger partial charge is 0.480 e. The summed E-state index contributed by atoms with van der Waals surface area (Å²) in [6, 6.07) is 19.4. The van der Waals surface area contributed by atoms with Crippen LogP contribution in [0.1, 0.15) is 25.1 Å². The fourth-order valence-electron chi connectivity index (χ4n) is 3.97. The van der Waals surface area contributed by atoms with E-state index in [2.05, 4.69) is 4.98 Å². The average molecular weight is 498 g/mol. The number of rotatable bonds is 10. The van der Waals surface area contributed by atoms with Crippen molar-refractivity contribution >= 4 is 14.0 Å². The van der Waals surface area contributed by atoms with Crippen LogP contribution in [0.5, 0.6) is 0 Å². The van der Waals surface area contributed by atoms with Crippen LogP contribution in [0.25, 0.3) is 11.3 Å². The first kappa shape index (κ1) is 26.5. The molecule has 0 aliphatic carbocycles. The monoisotopic (exact) mass is 497 g/mol. The van der Waals surface area contributed by atoms with Crippen molar-refractivity contribution in [1.29, 1.82) is 0 Å². The van der Waals surface area contributed by atoms with Crippen LogP contribution in [-0.4, -0.2) is 33.4 Å². The predicted molar refractivity (Wildman–Crippen MR) is 134 cm³/mol. The molecule has 1 aromatic heterocycles. The van der Waals surface area contributed by atoms with Gasteiger partial charge in [0.25, 0.3) is 0 Å². The van der Waals surface area contributed by atoms with Crippen molar-refractivity contribution < 1.29 is 28.5 Å². The molecule has 3 unspecified atom stereocenters. The molecule has 3 aromatic rings. The van der Waals surface area contributed by atoms with Crippen molar-refractivity contribution in [1.82, 2.24) is 4.98 Å². The van der Waals surface area contributed by atoms with Crippen LogP contribution >= 0.6 is 8.03 Å². The molecule has 35 heavy (non-hydrogen) atoms. The van der Waals surface area contributed by atoms with Gasteiger partial charge in [-0.15, -0.1) is 0 Å². The summed E-state index contributed by atoms with van der Waals surface area (Å²) in [4.78, 5) is 17.5. The van der Waals surface area contributed by atoms with Gasteiger partial charge < -0.3 is 14.7 Å². The zero-order chi connectivity index (χ0) is 25.6. The molecule has 0 bridgehead atoms. The Balaban J connectivity index is 2.33. The Labute approximate surface area is 205 Å². The topological polar surface area (TPSA) is 96.7 Å². The molecule has 0 saturated carbocycles. The van der Waals surface area contributed by atoms with Crippen molar-refractivity contribution in [2.45, 2.75) is 31.0 Å². The number of pyridine rings is 1. The van der Waals surface area contributed by atoms with Crippen LogP contribution in [0.4, 0.5) is 4.39 Å². The Morgan fingerprint density at radius 3 is 2.31 bits per heavy atom. The summed E-state index contributed by atoms with van der Waals surface area (Å²) in [6.07, 6.45) is 2.53. The number of allylic oxidation sites excluding steroid dienone is 1. The molecule has 0 aliphatic rings. The Kier molecular flexibility index (Phi) is 8.39. The molecule has 3 rings (SSSR count). The lowest BCUT2D eigenvalue weighted by molar-refractivity contribution is -0.147. The van der Waals surface area contributed by atoms with E-state index in [0.29, 0.717) is 11.3 Å². The maximum absolute atomic E-state index is 13.6. The predicted octanol–water partition coefficient (Wildman–Crippen LogP) is 5.47. The summed E-state index contributed by atoms with van der Waals surface area (Å²) in [5.41, 5.74) is -0.593. The fourth-order valence-corrected chi connectivity index (χ4v) is 5.26. The van der Waals surface area contributed by atoms with Gasteiger partial charge in [-0.3, -0.25) is 9.36 Å². The molecule has 2 aromatic carbocycles. The number of carboxylic acid groups (broad SMARTS) is 1. The third kappa shape index (κ3) is 5.43. The molecule has 184 valence electrons. The quantitative estimate of drug-likeness (QED) is 0.285. The van der Waals surface area contributed by atoms with E-state index in [1.807, 2.05) is 44.2 Å². The highest BCUT2D eigenvalue weighted by atomic mass is 31.1. The van der Waals surface area contributed by atoms with Crippen LogP contribution in [0, 0.1) is 11.7 Å². The van der Waals surface area contributed by atoms with Gasteiger partial charge in [-0.2, -0.15) is 0 Å². The Morgan fingerprint density at radius 2 is 1.74 bits per heavy atom.